The summed E-state index contributed by atoms with van der Waals surface area (Å²) in [5.74, 6) is -1.60. The van der Waals surface area contributed by atoms with Gasteiger partial charge >= 0.3 is 6.03 Å². The number of carbonyl (C=O) groups excluding carboxylic acids is 3. The van der Waals surface area contributed by atoms with E-state index >= 15 is 0 Å². The van der Waals surface area contributed by atoms with Gasteiger partial charge in [-0.1, -0.05) is 41.4 Å². The molecule has 4 amide bonds. The number of barbiturate groups is 1. The van der Waals surface area contributed by atoms with E-state index in [0.29, 0.717) is 5.56 Å². The number of nitrogens with one attached hydrogen (secondary N) is 1. The van der Waals surface area contributed by atoms with Crippen LogP contribution in [-0.4, -0.2) is 23.0 Å². The lowest BCUT2D eigenvalue weighted by atomic mass is 10.1. The topological polar surface area (TPSA) is 86.7 Å². The zero-order chi connectivity index (χ0) is 18.1. The van der Waals surface area contributed by atoms with Crippen LogP contribution in [0.3, 0.4) is 0 Å². The summed E-state index contributed by atoms with van der Waals surface area (Å²) in [4.78, 5) is 37.7. The Bertz CT molecular complexity index is 923. The van der Waals surface area contributed by atoms with Crippen molar-refractivity contribution >= 4 is 52.8 Å². The van der Waals surface area contributed by atoms with E-state index in [1.165, 1.54) is 48.5 Å². The van der Waals surface area contributed by atoms with Crippen molar-refractivity contribution in [3.05, 3.63) is 63.6 Å². The summed E-state index contributed by atoms with van der Waals surface area (Å²) in [6.45, 7) is 0. The molecular weight excluding hydrogens is 367 g/mol. The molecule has 0 aromatic heterocycles. The molecule has 2 N–H and O–H groups in total. The molecule has 0 unspecified atom stereocenters. The van der Waals surface area contributed by atoms with Crippen LogP contribution >= 0.6 is 23.2 Å². The van der Waals surface area contributed by atoms with E-state index in [1.54, 1.807) is 0 Å². The number of anilines is 1. The highest BCUT2D eigenvalue weighted by atomic mass is 35.5. The van der Waals surface area contributed by atoms with E-state index in [0.717, 1.165) is 4.90 Å². The first-order chi connectivity index (χ1) is 11.9. The van der Waals surface area contributed by atoms with Crippen molar-refractivity contribution in [3.63, 3.8) is 0 Å². The van der Waals surface area contributed by atoms with Gasteiger partial charge in [-0.3, -0.25) is 14.9 Å². The molecule has 1 aliphatic heterocycles. The zero-order valence-corrected chi connectivity index (χ0v) is 14.0. The first-order valence-corrected chi connectivity index (χ1v) is 7.78. The summed E-state index contributed by atoms with van der Waals surface area (Å²) >= 11 is 12.0. The van der Waals surface area contributed by atoms with Gasteiger partial charge in [-0.2, -0.15) is 0 Å². The Balaban J connectivity index is 2.05. The van der Waals surface area contributed by atoms with Gasteiger partial charge in [-0.05, 0) is 35.9 Å². The number of benzene rings is 2. The van der Waals surface area contributed by atoms with E-state index in [4.69, 9.17) is 23.2 Å². The van der Waals surface area contributed by atoms with Gasteiger partial charge in [-0.25, -0.2) is 9.69 Å². The maximum Gasteiger partial charge on any atom is 0.336 e. The molecular formula is C17H10Cl2N2O4. The fourth-order valence-electron chi connectivity index (χ4n) is 2.28. The standard InChI is InChI=1S/C17H10Cl2N2O4/c18-12-2-1-3-13(14(12)19)21-16(24)11(15(23)20-17(21)25)8-9-4-6-10(22)7-5-9/h1-8,22H,(H,20,23,25)/b11-8+. The molecule has 6 nitrogen and oxygen atoms in total. The molecule has 0 bridgehead atoms. The van der Waals surface area contributed by atoms with Gasteiger partial charge in [-0.15, -0.1) is 0 Å². The van der Waals surface area contributed by atoms with Crippen LogP contribution < -0.4 is 10.2 Å². The van der Waals surface area contributed by atoms with Crippen LogP contribution in [0.5, 0.6) is 5.75 Å². The molecule has 1 saturated heterocycles. The molecule has 1 fully saturated rings. The Labute approximate surface area is 152 Å². The summed E-state index contributed by atoms with van der Waals surface area (Å²) in [6.07, 6.45) is 1.31. The Kier molecular flexibility index (Phi) is 4.48. The largest absolute Gasteiger partial charge is 0.508 e. The Morgan fingerprint density at radius 2 is 1.68 bits per heavy atom. The molecule has 8 heteroatoms. The fourth-order valence-corrected chi connectivity index (χ4v) is 2.66. The predicted molar refractivity (Wildman–Crippen MR) is 93.6 cm³/mol. The number of amides is 4. The molecule has 0 radical (unpaired) electrons. The Hall–Kier alpha value is -2.83. The van der Waals surface area contributed by atoms with Crippen LogP contribution in [0.15, 0.2) is 48.0 Å². The molecule has 126 valence electrons. The predicted octanol–water partition coefficient (Wildman–Crippen LogP) is 3.37. The molecule has 25 heavy (non-hydrogen) atoms. The minimum Gasteiger partial charge on any atom is -0.508 e. The van der Waals surface area contributed by atoms with Gasteiger partial charge in [0, 0.05) is 0 Å². The number of urea groups is 1. The molecule has 0 saturated carbocycles. The van der Waals surface area contributed by atoms with Gasteiger partial charge in [0.05, 0.1) is 15.7 Å². The SMILES string of the molecule is O=C1NC(=O)N(c2cccc(Cl)c2Cl)C(=O)/C1=C/c1ccc(O)cc1. The number of nitrogens with zero attached hydrogens (tertiary/aromatic N) is 1. The van der Waals surface area contributed by atoms with E-state index in [-0.39, 0.29) is 27.1 Å². The fraction of sp³-hybridized carbons (Fsp3) is 0. The number of phenolic OH excluding ortho intramolecular Hbond substituents is 1. The summed E-state index contributed by atoms with van der Waals surface area (Å²) in [7, 11) is 0. The average Bonchev–Trinajstić information content (AvgIpc) is 2.57. The van der Waals surface area contributed by atoms with Crippen molar-refractivity contribution in [2.75, 3.05) is 4.90 Å². The molecule has 2 aromatic rings. The molecule has 2 aromatic carbocycles. The van der Waals surface area contributed by atoms with Crippen molar-refractivity contribution in [3.8, 4) is 5.75 Å². The van der Waals surface area contributed by atoms with E-state index < -0.39 is 17.8 Å². The molecule has 3 rings (SSSR count). The van der Waals surface area contributed by atoms with E-state index in [1.807, 2.05) is 0 Å². The van der Waals surface area contributed by atoms with Crippen molar-refractivity contribution in [1.82, 2.24) is 5.32 Å². The molecule has 0 spiro atoms. The number of halogens is 2. The maximum absolute atomic E-state index is 12.7. The molecule has 0 atom stereocenters. The lowest BCUT2D eigenvalue weighted by molar-refractivity contribution is -0.122. The number of aromatic hydroxyl groups is 1. The van der Waals surface area contributed by atoms with Crippen LogP contribution in [-0.2, 0) is 9.59 Å². The van der Waals surface area contributed by atoms with Crippen LogP contribution in [0.4, 0.5) is 10.5 Å². The van der Waals surface area contributed by atoms with Gasteiger partial charge in [0.1, 0.15) is 11.3 Å². The summed E-state index contributed by atoms with van der Waals surface area (Å²) in [6, 6.07) is 9.44. The number of carbonyl (C=O) groups is 3. The minimum absolute atomic E-state index is 0.0194. The van der Waals surface area contributed by atoms with Gasteiger partial charge in [0.15, 0.2) is 0 Å². The van der Waals surface area contributed by atoms with Crippen LogP contribution in [0, 0.1) is 0 Å². The van der Waals surface area contributed by atoms with E-state index in [9.17, 15) is 19.5 Å². The number of hydrogen-bond acceptors (Lipinski definition) is 4. The van der Waals surface area contributed by atoms with Gasteiger partial charge in [0.25, 0.3) is 11.8 Å². The van der Waals surface area contributed by atoms with Crippen LogP contribution in [0.1, 0.15) is 5.56 Å². The average molecular weight is 377 g/mol. The second-order valence-corrected chi connectivity index (χ2v) is 5.91. The first kappa shape index (κ1) is 17.0. The molecule has 1 aliphatic rings. The van der Waals surface area contributed by atoms with E-state index in [2.05, 4.69) is 5.32 Å². The van der Waals surface area contributed by atoms with Crippen LogP contribution in [0.25, 0.3) is 6.08 Å². The Morgan fingerprint density at radius 3 is 2.36 bits per heavy atom. The quantitative estimate of drug-likeness (QED) is 0.621. The second kappa shape index (κ2) is 6.58. The summed E-state index contributed by atoms with van der Waals surface area (Å²) in [5.41, 5.74) is 0.324. The summed E-state index contributed by atoms with van der Waals surface area (Å²) < 4.78 is 0. The zero-order valence-electron chi connectivity index (χ0n) is 12.5. The maximum atomic E-state index is 12.7. The first-order valence-electron chi connectivity index (χ1n) is 7.03. The van der Waals surface area contributed by atoms with Gasteiger partial charge < -0.3 is 5.11 Å². The third kappa shape index (κ3) is 3.22. The van der Waals surface area contributed by atoms with Crippen molar-refractivity contribution < 1.29 is 19.5 Å². The highest BCUT2D eigenvalue weighted by Gasteiger charge is 2.37. The van der Waals surface area contributed by atoms with Crippen molar-refractivity contribution in [2.24, 2.45) is 0 Å². The third-order valence-corrected chi connectivity index (χ3v) is 4.29. The highest BCUT2D eigenvalue weighted by molar-refractivity contribution is 6.46. The Morgan fingerprint density at radius 1 is 1.00 bits per heavy atom. The smallest absolute Gasteiger partial charge is 0.336 e. The highest BCUT2D eigenvalue weighted by Crippen LogP contribution is 2.34. The number of imide groups is 2. The molecule has 0 aliphatic carbocycles. The number of hydrogen-bond donors (Lipinski definition) is 2. The van der Waals surface area contributed by atoms with Gasteiger partial charge in [0.2, 0.25) is 0 Å². The van der Waals surface area contributed by atoms with Crippen LogP contribution in [0.2, 0.25) is 10.0 Å². The van der Waals surface area contributed by atoms with Crippen molar-refractivity contribution in [1.29, 1.82) is 0 Å². The second-order valence-electron chi connectivity index (χ2n) is 5.12. The monoisotopic (exact) mass is 376 g/mol. The third-order valence-electron chi connectivity index (χ3n) is 3.48. The minimum atomic E-state index is -0.915. The number of phenols is 1. The van der Waals surface area contributed by atoms with Crippen molar-refractivity contribution in [2.45, 2.75) is 0 Å². The summed E-state index contributed by atoms with van der Waals surface area (Å²) in [5, 5.41) is 11.6. The lowest BCUT2D eigenvalue weighted by Crippen LogP contribution is -2.54. The lowest BCUT2D eigenvalue weighted by Gasteiger charge is -2.27. The number of rotatable bonds is 2. The normalized spacial score (nSPS) is 16.3. The molecule has 1 heterocycles.